The summed E-state index contributed by atoms with van der Waals surface area (Å²) in [5, 5.41) is 8.79. The summed E-state index contributed by atoms with van der Waals surface area (Å²) in [5.74, 6) is 0.385. The van der Waals surface area contributed by atoms with E-state index in [1.165, 1.54) is 0 Å². The first kappa shape index (κ1) is 15.8. The van der Waals surface area contributed by atoms with E-state index in [4.69, 9.17) is 19.3 Å². The van der Waals surface area contributed by atoms with Gasteiger partial charge in [0.1, 0.15) is 5.75 Å². The molecule has 0 aromatic heterocycles. The minimum atomic E-state index is -0.928. The number of carbonyl (C=O) groups is 1. The summed E-state index contributed by atoms with van der Waals surface area (Å²) in [5.41, 5.74) is 0.266. The standard InChI is InChI=1S/C16H22O5/c17-16(18)14-2-4-15(5-3-14)21-9-1-8-20-12-13-6-10-19-11-7-13/h2-5,13H,1,6-12H2,(H,17,18). The highest BCUT2D eigenvalue weighted by atomic mass is 16.5. The molecule has 0 atom stereocenters. The van der Waals surface area contributed by atoms with Gasteiger partial charge in [0.15, 0.2) is 0 Å². The molecule has 1 aliphatic heterocycles. The average molecular weight is 294 g/mol. The fourth-order valence-electron chi connectivity index (χ4n) is 2.21. The van der Waals surface area contributed by atoms with E-state index in [9.17, 15) is 4.79 Å². The number of carboxylic acid groups (broad SMARTS) is 1. The lowest BCUT2D eigenvalue weighted by atomic mass is 10.0. The van der Waals surface area contributed by atoms with Gasteiger partial charge in [0.25, 0.3) is 0 Å². The molecule has 116 valence electrons. The van der Waals surface area contributed by atoms with Crippen molar-refractivity contribution in [2.75, 3.05) is 33.0 Å². The van der Waals surface area contributed by atoms with E-state index in [-0.39, 0.29) is 5.56 Å². The van der Waals surface area contributed by atoms with Crippen molar-refractivity contribution in [3.8, 4) is 5.75 Å². The highest BCUT2D eigenvalue weighted by Crippen LogP contribution is 2.15. The largest absolute Gasteiger partial charge is 0.494 e. The lowest BCUT2D eigenvalue weighted by Gasteiger charge is -2.21. The quantitative estimate of drug-likeness (QED) is 0.747. The first-order valence-electron chi connectivity index (χ1n) is 7.37. The van der Waals surface area contributed by atoms with Crippen LogP contribution in [-0.4, -0.2) is 44.1 Å². The van der Waals surface area contributed by atoms with Gasteiger partial charge in [-0.15, -0.1) is 0 Å². The van der Waals surface area contributed by atoms with E-state index in [1.54, 1.807) is 24.3 Å². The van der Waals surface area contributed by atoms with E-state index in [0.717, 1.165) is 39.1 Å². The smallest absolute Gasteiger partial charge is 0.335 e. The predicted octanol–water partition coefficient (Wildman–Crippen LogP) is 2.60. The van der Waals surface area contributed by atoms with Crippen molar-refractivity contribution < 1.29 is 24.1 Å². The molecular weight excluding hydrogens is 272 g/mol. The van der Waals surface area contributed by atoms with Crippen molar-refractivity contribution in [1.82, 2.24) is 0 Å². The van der Waals surface area contributed by atoms with Gasteiger partial charge in [-0.3, -0.25) is 0 Å². The van der Waals surface area contributed by atoms with Crippen LogP contribution in [-0.2, 0) is 9.47 Å². The van der Waals surface area contributed by atoms with Crippen molar-refractivity contribution in [2.45, 2.75) is 19.3 Å². The monoisotopic (exact) mass is 294 g/mol. The van der Waals surface area contributed by atoms with Crippen LogP contribution in [0.25, 0.3) is 0 Å². The Morgan fingerprint density at radius 2 is 1.90 bits per heavy atom. The second-order valence-electron chi connectivity index (χ2n) is 5.16. The molecule has 0 saturated carbocycles. The SMILES string of the molecule is O=C(O)c1ccc(OCCCOCC2CCOCC2)cc1. The molecule has 0 amide bonds. The summed E-state index contributed by atoms with van der Waals surface area (Å²) in [6, 6.07) is 6.43. The molecule has 1 aliphatic rings. The van der Waals surface area contributed by atoms with Crippen LogP contribution in [0.4, 0.5) is 0 Å². The number of aromatic carboxylic acids is 1. The van der Waals surface area contributed by atoms with Gasteiger partial charge in [-0.25, -0.2) is 4.79 Å². The Kier molecular flexibility index (Phi) is 6.50. The molecule has 0 aliphatic carbocycles. The van der Waals surface area contributed by atoms with Gasteiger partial charge >= 0.3 is 5.97 Å². The third kappa shape index (κ3) is 5.73. The van der Waals surface area contributed by atoms with Crippen molar-refractivity contribution in [3.63, 3.8) is 0 Å². The van der Waals surface area contributed by atoms with E-state index in [2.05, 4.69) is 0 Å². The normalized spacial score (nSPS) is 15.8. The maximum Gasteiger partial charge on any atom is 0.335 e. The van der Waals surface area contributed by atoms with E-state index >= 15 is 0 Å². The summed E-state index contributed by atoms with van der Waals surface area (Å²) >= 11 is 0. The maximum absolute atomic E-state index is 10.7. The highest BCUT2D eigenvalue weighted by Gasteiger charge is 2.13. The fraction of sp³-hybridized carbons (Fsp3) is 0.562. The van der Waals surface area contributed by atoms with Crippen LogP contribution >= 0.6 is 0 Å². The molecule has 5 heteroatoms. The number of benzene rings is 1. The third-order valence-electron chi connectivity index (χ3n) is 3.50. The van der Waals surface area contributed by atoms with Crippen molar-refractivity contribution >= 4 is 5.97 Å². The topological polar surface area (TPSA) is 65.0 Å². The molecule has 1 aromatic rings. The molecule has 1 N–H and O–H groups in total. The Morgan fingerprint density at radius 3 is 2.57 bits per heavy atom. The van der Waals surface area contributed by atoms with Gasteiger partial charge in [0, 0.05) is 32.8 Å². The summed E-state index contributed by atoms with van der Waals surface area (Å²) in [6.45, 7) is 3.76. The Morgan fingerprint density at radius 1 is 1.19 bits per heavy atom. The zero-order valence-corrected chi connectivity index (χ0v) is 12.1. The number of rotatable bonds is 8. The van der Waals surface area contributed by atoms with Gasteiger partial charge in [-0.05, 0) is 43.0 Å². The molecule has 1 saturated heterocycles. The van der Waals surface area contributed by atoms with E-state index < -0.39 is 5.97 Å². The summed E-state index contributed by atoms with van der Waals surface area (Å²) in [4.78, 5) is 10.7. The summed E-state index contributed by atoms with van der Waals surface area (Å²) in [7, 11) is 0. The Labute approximate surface area is 124 Å². The molecule has 0 unspecified atom stereocenters. The number of hydrogen-bond acceptors (Lipinski definition) is 4. The van der Waals surface area contributed by atoms with Crippen LogP contribution in [0.15, 0.2) is 24.3 Å². The van der Waals surface area contributed by atoms with E-state index in [0.29, 0.717) is 24.9 Å². The maximum atomic E-state index is 10.7. The van der Waals surface area contributed by atoms with Crippen LogP contribution < -0.4 is 4.74 Å². The van der Waals surface area contributed by atoms with Gasteiger partial charge in [0.2, 0.25) is 0 Å². The van der Waals surface area contributed by atoms with Crippen LogP contribution in [0.1, 0.15) is 29.6 Å². The second-order valence-corrected chi connectivity index (χ2v) is 5.16. The number of carboxylic acids is 1. The Hall–Kier alpha value is -1.59. The van der Waals surface area contributed by atoms with Gasteiger partial charge in [-0.1, -0.05) is 0 Å². The molecule has 2 rings (SSSR count). The molecule has 1 aromatic carbocycles. The lowest BCUT2D eigenvalue weighted by molar-refractivity contribution is 0.0183. The molecule has 0 spiro atoms. The predicted molar refractivity (Wildman–Crippen MR) is 77.9 cm³/mol. The Bertz CT molecular complexity index is 423. The minimum Gasteiger partial charge on any atom is -0.494 e. The first-order chi connectivity index (χ1) is 10.3. The average Bonchev–Trinajstić information content (AvgIpc) is 2.52. The molecule has 5 nitrogen and oxygen atoms in total. The van der Waals surface area contributed by atoms with Crippen LogP contribution in [0, 0.1) is 5.92 Å². The lowest BCUT2D eigenvalue weighted by Crippen LogP contribution is -2.20. The fourth-order valence-corrected chi connectivity index (χ4v) is 2.21. The van der Waals surface area contributed by atoms with Gasteiger partial charge in [0.05, 0.1) is 12.2 Å². The van der Waals surface area contributed by atoms with Crippen LogP contribution in [0.5, 0.6) is 5.75 Å². The molecule has 1 fully saturated rings. The van der Waals surface area contributed by atoms with Crippen LogP contribution in [0.2, 0.25) is 0 Å². The highest BCUT2D eigenvalue weighted by molar-refractivity contribution is 5.87. The first-order valence-corrected chi connectivity index (χ1v) is 7.37. The number of ether oxygens (including phenoxy) is 3. The molecule has 1 heterocycles. The molecule has 0 radical (unpaired) electrons. The molecular formula is C16H22O5. The Balaban J connectivity index is 1.54. The summed E-state index contributed by atoms with van der Waals surface area (Å²) in [6.07, 6.45) is 3.00. The second kappa shape index (κ2) is 8.64. The van der Waals surface area contributed by atoms with E-state index in [1.807, 2.05) is 0 Å². The van der Waals surface area contributed by atoms with Gasteiger partial charge in [-0.2, -0.15) is 0 Å². The van der Waals surface area contributed by atoms with Gasteiger partial charge < -0.3 is 19.3 Å². The van der Waals surface area contributed by atoms with Crippen molar-refractivity contribution in [3.05, 3.63) is 29.8 Å². The van der Waals surface area contributed by atoms with Crippen LogP contribution in [0.3, 0.4) is 0 Å². The molecule has 21 heavy (non-hydrogen) atoms. The van der Waals surface area contributed by atoms with Crippen molar-refractivity contribution in [1.29, 1.82) is 0 Å². The molecule has 0 bridgehead atoms. The zero-order valence-electron chi connectivity index (χ0n) is 12.1. The van der Waals surface area contributed by atoms with Crippen molar-refractivity contribution in [2.24, 2.45) is 5.92 Å². The third-order valence-corrected chi connectivity index (χ3v) is 3.50. The number of hydrogen-bond donors (Lipinski definition) is 1. The zero-order chi connectivity index (χ0) is 14.9. The minimum absolute atomic E-state index is 0.266. The summed E-state index contributed by atoms with van der Waals surface area (Å²) < 4.78 is 16.5.